The lowest BCUT2D eigenvalue weighted by atomic mass is 10.1. The topological polar surface area (TPSA) is 41.6 Å². The summed E-state index contributed by atoms with van der Waals surface area (Å²) < 4.78 is 44.2. The molecule has 26 heavy (non-hydrogen) atoms. The molecule has 7 heteroatoms. The van der Waals surface area contributed by atoms with Crippen LogP contribution in [0, 0.1) is 0 Å². The summed E-state index contributed by atoms with van der Waals surface area (Å²) in [5.74, 6) is 0.306. The summed E-state index contributed by atoms with van der Waals surface area (Å²) in [6.07, 6.45) is -4.42. The number of carbonyl (C=O) groups excluding carboxylic acids is 1. The van der Waals surface area contributed by atoms with E-state index < -0.39 is 17.6 Å². The lowest BCUT2D eigenvalue weighted by Gasteiger charge is -2.20. The van der Waals surface area contributed by atoms with Gasteiger partial charge in [0, 0.05) is 14.1 Å². The first kappa shape index (κ1) is 19.6. The number of nitrogens with one attached hydrogen (secondary N) is 1. The molecule has 2 rings (SSSR count). The maximum atomic E-state index is 12.9. The molecule has 1 N–H and O–H groups in total. The van der Waals surface area contributed by atoms with Crippen LogP contribution < -0.4 is 15.0 Å². The largest absolute Gasteiger partial charge is 0.494 e. The van der Waals surface area contributed by atoms with E-state index in [-0.39, 0.29) is 12.1 Å². The number of hydrogen-bond acceptors (Lipinski definition) is 3. The first-order chi connectivity index (χ1) is 12.2. The van der Waals surface area contributed by atoms with Crippen molar-refractivity contribution in [3.8, 4) is 5.75 Å². The first-order valence-electron chi connectivity index (χ1n) is 8.11. The molecule has 0 saturated heterocycles. The van der Waals surface area contributed by atoms with Gasteiger partial charge in [0.2, 0.25) is 5.91 Å². The van der Waals surface area contributed by atoms with Crippen molar-refractivity contribution in [1.29, 1.82) is 0 Å². The van der Waals surface area contributed by atoms with E-state index in [0.717, 1.165) is 17.7 Å². The molecule has 0 aliphatic heterocycles. The smallest absolute Gasteiger partial charge is 0.416 e. The SMILES string of the molecule is CCOc1ccc(CC(=O)Nc2cc(C(F)(F)F)ccc2N(C)C)cc1. The molecule has 2 aromatic rings. The molecule has 0 radical (unpaired) electrons. The quantitative estimate of drug-likeness (QED) is 0.826. The zero-order chi connectivity index (χ0) is 19.3. The Morgan fingerprint density at radius 3 is 2.31 bits per heavy atom. The fourth-order valence-corrected chi connectivity index (χ4v) is 2.45. The fourth-order valence-electron chi connectivity index (χ4n) is 2.45. The molecule has 0 saturated carbocycles. The van der Waals surface area contributed by atoms with Crippen LogP contribution in [0.25, 0.3) is 0 Å². The molecule has 0 heterocycles. The summed E-state index contributed by atoms with van der Waals surface area (Å²) in [4.78, 5) is 13.9. The highest BCUT2D eigenvalue weighted by Crippen LogP contribution is 2.35. The number of carbonyl (C=O) groups is 1. The summed E-state index contributed by atoms with van der Waals surface area (Å²) in [6, 6.07) is 10.3. The number of hydrogen-bond donors (Lipinski definition) is 1. The fraction of sp³-hybridized carbons (Fsp3) is 0.316. The van der Waals surface area contributed by atoms with Crippen LogP contribution in [0.4, 0.5) is 24.5 Å². The minimum absolute atomic E-state index is 0.0511. The monoisotopic (exact) mass is 366 g/mol. The second kappa shape index (κ2) is 8.12. The van der Waals surface area contributed by atoms with Gasteiger partial charge < -0.3 is 15.0 Å². The normalized spacial score (nSPS) is 11.2. The maximum Gasteiger partial charge on any atom is 0.416 e. The van der Waals surface area contributed by atoms with Gasteiger partial charge in [-0.3, -0.25) is 4.79 Å². The number of ether oxygens (including phenoxy) is 1. The Labute approximate surface area is 150 Å². The highest BCUT2D eigenvalue weighted by atomic mass is 19.4. The average molecular weight is 366 g/mol. The summed E-state index contributed by atoms with van der Waals surface area (Å²) in [7, 11) is 3.40. The number of benzene rings is 2. The zero-order valence-electron chi connectivity index (χ0n) is 14.9. The molecule has 140 valence electrons. The van der Waals surface area contributed by atoms with Crippen LogP contribution in [-0.4, -0.2) is 26.6 Å². The van der Waals surface area contributed by atoms with E-state index in [9.17, 15) is 18.0 Å². The van der Waals surface area contributed by atoms with Gasteiger partial charge in [0.05, 0.1) is 30.0 Å². The molecular formula is C19H21F3N2O2. The molecule has 0 aliphatic carbocycles. The van der Waals surface area contributed by atoms with Gasteiger partial charge in [0.15, 0.2) is 0 Å². The van der Waals surface area contributed by atoms with Crippen molar-refractivity contribution in [3.05, 3.63) is 53.6 Å². The molecule has 0 aromatic heterocycles. The van der Waals surface area contributed by atoms with Crippen molar-refractivity contribution < 1.29 is 22.7 Å². The van der Waals surface area contributed by atoms with Gasteiger partial charge >= 0.3 is 6.18 Å². The Bertz CT molecular complexity index is 756. The van der Waals surface area contributed by atoms with Gasteiger partial charge in [-0.25, -0.2) is 0 Å². The first-order valence-corrected chi connectivity index (χ1v) is 8.11. The van der Waals surface area contributed by atoms with E-state index >= 15 is 0 Å². The van der Waals surface area contributed by atoms with E-state index in [1.54, 1.807) is 43.3 Å². The van der Waals surface area contributed by atoms with Crippen molar-refractivity contribution in [3.63, 3.8) is 0 Å². The van der Waals surface area contributed by atoms with Gasteiger partial charge in [-0.1, -0.05) is 12.1 Å². The predicted octanol–water partition coefficient (Wildman–Crippen LogP) is 4.35. The van der Waals surface area contributed by atoms with E-state index in [1.807, 2.05) is 6.92 Å². The van der Waals surface area contributed by atoms with Gasteiger partial charge in [-0.2, -0.15) is 13.2 Å². The predicted molar refractivity (Wildman–Crippen MR) is 95.7 cm³/mol. The van der Waals surface area contributed by atoms with Gasteiger partial charge in [0.25, 0.3) is 0 Å². The van der Waals surface area contributed by atoms with Crippen molar-refractivity contribution in [2.45, 2.75) is 19.5 Å². The molecule has 0 fully saturated rings. The summed E-state index contributed by atoms with van der Waals surface area (Å²) in [5.41, 5.74) is 0.558. The van der Waals surface area contributed by atoms with E-state index in [2.05, 4.69) is 5.32 Å². The number of rotatable bonds is 6. The van der Waals surface area contributed by atoms with Crippen LogP contribution in [0.15, 0.2) is 42.5 Å². The van der Waals surface area contributed by atoms with E-state index in [4.69, 9.17) is 4.74 Å². The van der Waals surface area contributed by atoms with Crippen LogP contribution in [-0.2, 0) is 17.4 Å². The minimum Gasteiger partial charge on any atom is -0.494 e. The van der Waals surface area contributed by atoms with Crippen LogP contribution in [0.1, 0.15) is 18.1 Å². The minimum atomic E-state index is -4.47. The summed E-state index contributed by atoms with van der Waals surface area (Å²) in [5, 5.41) is 2.58. The van der Waals surface area contributed by atoms with Crippen molar-refractivity contribution in [2.24, 2.45) is 0 Å². The zero-order valence-corrected chi connectivity index (χ0v) is 14.9. The molecule has 0 aliphatic rings. The standard InChI is InChI=1S/C19H21F3N2O2/c1-4-26-15-8-5-13(6-9-15)11-18(25)23-16-12-14(19(20,21)22)7-10-17(16)24(2)3/h5-10,12H,4,11H2,1-3H3,(H,23,25). The van der Waals surface area contributed by atoms with Crippen molar-refractivity contribution >= 4 is 17.3 Å². The number of anilines is 2. The maximum absolute atomic E-state index is 12.9. The molecule has 0 bridgehead atoms. The summed E-state index contributed by atoms with van der Waals surface area (Å²) in [6.45, 7) is 2.42. The van der Waals surface area contributed by atoms with E-state index in [0.29, 0.717) is 18.0 Å². The Morgan fingerprint density at radius 1 is 1.12 bits per heavy atom. The molecule has 0 atom stereocenters. The Hall–Kier alpha value is -2.70. The van der Waals surface area contributed by atoms with Crippen LogP contribution >= 0.6 is 0 Å². The molecule has 0 spiro atoms. The number of amides is 1. The third-order valence-electron chi connectivity index (χ3n) is 3.68. The number of nitrogens with zero attached hydrogens (tertiary/aromatic N) is 1. The Balaban J connectivity index is 2.16. The molecule has 0 unspecified atom stereocenters. The molecular weight excluding hydrogens is 345 g/mol. The van der Waals surface area contributed by atoms with Gasteiger partial charge in [0.1, 0.15) is 5.75 Å². The number of halogens is 3. The number of alkyl halides is 3. The van der Waals surface area contributed by atoms with Gasteiger partial charge in [-0.05, 0) is 42.8 Å². The van der Waals surface area contributed by atoms with Gasteiger partial charge in [-0.15, -0.1) is 0 Å². The summed E-state index contributed by atoms with van der Waals surface area (Å²) >= 11 is 0. The van der Waals surface area contributed by atoms with E-state index in [1.165, 1.54) is 6.07 Å². The van der Waals surface area contributed by atoms with Crippen molar-refractivity contribution in [2.75, 3.05) is 30.9 Å². The average Bonchev–Trinajstić information content (AvgIpc) is 2.55. The second-order valence-corrected chi connectivity index (χ2v) is 5.93. The highest BCUT2D eigenvalue weighted by Gasteiger charge is 2.31. The van der Waals surface area contributed by atoms with Crippen LogP contribution in [0.5, 0.6) is 5.75 Å². The Morgan fingerprint density at radius 2 is 1.77 bits per heavy atom. The second-order valence-electron chi connectivity index (χ2n) is 5.93. The third kappa shape index (κ3) is 5.15. The molecule has 1 amide bonds. The van der Waals surface area contributed by atoms with Crippen LogP contribution in [0.2, 0.25) is 0 Å². The lowest BCUT2D eigenvalue weighted by molar-refractivity contribution is -0.137. The highest BCUT2D eigenvalue weighted by molar-refractivity contribution is 5.95. The lowest BCUT2D eigenvalue weighted by Crippen LogP contribution is -2.19. The molecule has 2 aromatic carbocycles. The van der Waals surface area contributed by atoms with Crippen LogP contribution in [0.3, 0.4) is 0 Å². The van der Waals surface area contributed by atoms with Crippen molar-refractivity contribution in [1.82, 2.24) is 0 Å². The third-order valence-corrected chi connectivity index (χ3v) is 3.68. The Kier molecular flexibility index (Phi) is 6.13. The molecule has 4 nitrogen and oxygen atoms in total.